The van der Waals surface area contributed by atoms with Crippen molar-refractivity contribution in [3.8, 4) is 11.5 Å². The second kappa shape index (κ2) is 10.7. The molecule has 172 valence electrons. The van der Waals surface area contributed by atoms with Crippen LogP contribution in [0, 0.1) is 0 Å². The Morgan fingerprint density at radius 1 is 1.03 bits per heavy atom. The van der Waals surface area contributed by atoms with Crippen LogP contribution in [0.2, 0.25) is 0 Å². The molecule has 7 heteroatoms. The van der Waals surface area contributed by atoms with Gasteiger partial charge in [0.25, 0.3) is 0 Å². The fraction of sp³-hybridized carbons (Fsp3) is 0.480. The van der Waals surface area contributed by atoms with Crippen molar-refractivity contribution in [2.45, 2.75) is 37.5 Å². The van der Waals surface area contributed by atoms with Crippen molar-refractivity contribution in [3.63, 3.8) is 0 Å². The standard InChI is InChI=1S/C25H34N4O3/c1-19(20-8-4-3-5-9-20)29-25(12-14-30-15-13-25)18-28-24(26-2)27-16-21-17-31-22-10-6-7-11-23(22)32-21/h3-11,19,21,29H,12-18H2,1-2H3,(H2,26,27,28). The summed E-state index contributed by atoms with van der Waals surface area (Å²) in [4.78, 5) is 4.41. The summed E-state index contributed by atoms with van der Waals surface area (Å²) in [7, 11) is 1.79. The van der Waals surface area contributed by atoms with Crippen LogP contribution in [0.5, 0.6) is 11.5 Å². The molecule has 4 rings (SSSR count). The van der Waals surface area contributed by atoms with Crippen molar-refractivity contribution in [3.05, 3.63) is 60.2 Å². The number of nitrogens with one attached hydrogen (secondary N) is 3. The predicted octanol–water partition coefficient (Wildman–Crippen LogP) is 2.89. The molecular formula is C25H34N4O3. The summed E-state index contributed by atoms with van der Waals surface area (Å²) >= 11 is 0. The normalized spacial score (nSPS) is 20.9. The number of benzene rings is 2. The minimum Gasteiger partial charge on any atom is -0.486 e. The van der Waals surface area contributed by atoms with Crippen LogP contribution in [0.3, 0.4) is 0 Å². The zero-order valence-electron chi connectivity index (χ0n) is 19.0. The second-order valence-electron chi connectivity index (χ2n) is 8.47. The minimum atomic E-state index is -0.0725. The van der Waals surface area contributed by atoms with Gasteiger partial charge in [0.2, 0.25) is 0 Å². The summed E-state index contributed by atoms with van der Waals surface area (Å²) in [5.41, 5.74) is 1.23. The number of rotatable bonds is 7. The number of nitrogens with zero attached hydrogens (tertiary/aromatic N) is 1. The van der Waals surface area contributed by atoms with Crippen molar-refractivity contribution >= 4 is 5.96 Å². The Morgan fingerprint density at radius 3 is 2.50 bits per heavy atom. The quantitative estimate of drug-likeness (QED) is 0.456. The van der Waals surface area contributed by atoms with E-state index in [4.69, 9.17) is 14.2 Å². The van der Waals surface area contributed by atoms with Gasteiger partial charge in [-0.1, -0.05) is 42.5 Å². The van der Waals surface area contributed by atoms with E-state index in [1.54, 1.807) is 7.05 Å². The molecule has 0 aliphatic carbocycles. The smallest absolute Gasteiger partial charge is 0.191 e. The molecule has 2 aromatic rings. The van der Waals surface area contributed by atoms with E-state index in [1.807, 2.05) is 24.3 Å². The van der Waals surface area contributed by atoms with Gasteiger partial charge in [-0.3, -0.25) is 4.99 Å². The van der Waals surface area contributed by atoms with Crippen LogP contribution in [0.4, 0.5) is 0 Å². The summed E-state index contributed by atoms with van der Waals surface area (Å²) in [5, 5.41) is 10.8. The largest absolute Gasteiger partial charge is 0.486 e. The van der Waals surface area contributed by atoms with E-state index in [0.717, 1.165) is 50.1 Å². The van der Waals surface area contributed by atoms with E-state index >= 15 is 0 Å². The molecule has 2 atom stereocenters. The molecule has 0 radical (unpaired) electrons. The summed E-state index contributed by atoms with van der Waals surface area (Å²) in [6.07, 6.45) is 1.83. The lowest BCUT2D eigenvalue weighted by atomic mass is 9.88. The number of hydrogen-bond acceptors (Lipinski definition) is 5. The first-order chi connectivity index (χ1) is 15.7. The van der Waals surface area contributed by atoms with E-state index in [2.05, 4.69) is 58.2 Å². The van der Waals surface area contributed by atoms with Gasteiger partial charge in [0, 0.05) is 38.4 Å². The van der Waals surface area contributed by atoms with Crippen molar-refractivity contribution in [1.82, 2.24) is 16.0 Å². The molecule has 2 aliphatic rings. The molecule has 0 spiro atoms. The number of aliphatic imine (C=N–C) groups is 1. The van der Waals surface area contributed by atoms with Crippen LogP contribution in [0.25, 0.3) is 0 Å². The lowest BCUT2D eigenvalue weighted by Gasteiger charge is -2.41. The van der Waals surface area contributed by atoms with E-state index in [-0.39, 0.29) is 17.7 Å². The van der Waals surface area contributed by atoms with Crippen LogP contribution in [0.1, 0.15) is 31.4 Å². The minimum absolute atomic E-state index is 0.0610. The van der Waals surface area contributed by atoms with Gasteiger partial charge in [-0.25, -0.2) is 0 Å². The molecular weight excluding hydrogens is 404 g/mol. The van der Waals surface area contributed by atoms with E-state index in [1.165, 1.54) is 5.56 Å². The fourth-order valence-corrected chi connectivity index (χ4v) is 4.27. The number of ether oxygens (including phenoxy) is 3. The van der Waals surface area contributed by atoms with Crippen LogP contribution < -0.4 is 25.4 Å². The number of fused-ring (bicyclic) bond motifs is 1. The van der Waals surface area contributed by atoms with Crippen LogP contribution in [0.15, 0.2) is 59.6 Å². The molecule has 2 heterocycles. The van der Waals surface area contributed by atoms with Crippen LogP contribution >= 0.6 is 0 Å². The maximum absolute atomic E-state index is 6.04. The van der Waals surface area contributed by atoms with E-state index in [9.17, 15) is 0 Å². The predicted molar refractivity (Wildman–Crippen MR) is 126 cm³/mol. The average Bonchev–Trinajstić information content (AvgIpc) is 2.85. The van der Waals surface area contributed by atoms with Gasteiger partial charge < -0.3 is 30.2 Å². The molecule has 2 unspecified atom stereocenters. The highest BCUT2D eigenvalue weighted by Crippen LogP contribution is 2.30. The molecule has 1 saturated heterocycles. The topological polar surface area (TPSA) is 76.1 Å². The third-order valence-electron chi connectivity index (χ3n) is 6.15. The number of guanidine groups is 1. The van der Waals surface area contributed by atoms with Crippen molar-refractivity contribution in [2.24, 2.45) is 4.99 Å². The highest BCUT2D eigenvalue weighted by Gasteiger charge is 2.34. The van der Waals surface area contributed by atoms with Gasteiger partial charge in [0.05, 0.1) is 6.54 Å². The molecule has 32 heavy (non-hydrogen) atoms. The zero-order valence-corrected chi connectivity index (χ0v) is 19.0. The SMILES string of the molecule is CN=C(NCC1COc2ccccc2O1)NCC1(NC(C)c2ccccc2)CCOCC1. The molecule has 2 aliphatic heterocycles. The third-order valence-corrected chi connectivity index (χ3v) is 6.15. The van der Waals surface area contributed by atoms with E-state index < -0.39 is 0 Å². The monoisotopic (exact) mass is 438 g/mol. The molecule has 0 amide bonds. The average molecular weight is 439 g/mol. The number of hydrogen-bond donors (Lipinski definition) is 3. The highest BCUT2D eigenvalue weighted by molar-refractivity contribution is 5.79. The summed E-state index contributed by atoms with van der Waals surface area (Å²) in [5.74, 6) is 2.34. The Hall–Kier alpha value is -2.77. The molecule has 0 saturated carbocycles. The van der Waals surface area contributed by atoms with Gasteiger partial charge in [-0.15, -0.1) is 0 Å². The third kappa shape index (κ3) is 5.72. The zero-order chi connectivity index (χ0) is 22.2. The Labute approximate surface area is 190 Å². The first-order valence-electron chi connectivity index (χ1n) is 11.4. The summed E-state index contributed by atoms with van der Waals surface area (Å²) in [6, 6.07) is 18.6. The molecule has 2 aromatic carbocycles. The fourth-order valence-electron chi connectivity index (χ4n) is 4.27. The van der Waals surface area contributed by atoms with Crippen molar-refractivity contribution in [2.75, 3.05) is 40.0 Å². The Bertz CT molecular complexity index is 884. The lowest BCUT2D eigenvalue weighted by molar-refractivity contribution is 0.0354. The molecule has 0 aromatic heterocycles. The first kappa shape index (κ1) is 22.4. The maximum Gasteiger partial charge on any atom is 0.191 e. The molecule has 1 fully saturated rings. The van der Waals surface area contributed by atoms with Gasteiger partial charge in [0.1, 0.15) is 12.7 Å². The van der Waals surface area contributed by atoms with Gasteiger partial charge in [0.15, 0.2) is 17.5 Å². The second-order valence-corrected chi connectivity index (χ2v) is 8.47. The van der Waals surface area contributed by atoms with Gasteiger partial charge in [-0.05, 0) is 37.5 Å². The molecule has 7 nitrogen and oxygen atoms in total. The van der Waals surface area contributed by atoms with Crippen LogP contribution in [-0.2, 0) is 4.74 Å². The molecule has 0 bridgehead atoms. The van der Waals surface area contributed by atoms with Gasteiger partial charge in [-0.2, -0.15) is 0 Å². The molecule has 3 N–H and O–H groups in total. The van der Waals surface area contributed by atoms with Gasteiger partial charge >= 0.3 is 0 Å². The highest BCUT2D eigenvalue weighted by atomic mass is 16.6. The first-order valence-corrected chi connectivity index (χ1v) is 11.4. The maximum atomic E-state index is 6.04. The van der Waals surface area contributed by atoms with Crippen molar-refractivity contribution in [1.29, 1.82) is 0 Å². The Balaban J connectivity index is 1.31. The Morgan fingerprint density at radius 2 is 1.75 bits per heavy atom. The summed E-state index contributed by atoms with van der Waals surface area (Å²) in [6.45, 7) is 5.62. The van der Waals surface area contributed by atoms with Crippen LogP contribution in [-0.4, -0.2) is 57.6 Å². The lowest BCUT2D eigenvalue weighted by Crippen LogP contribution is -2.58. The van der Waals surface area contributed by atoms with E-state index in [0.29, 0.717) is 13.2 Å². The Kier molecular flexibility index (Phi) is 7.50. The van der Waals surface area contributed by atoms with Crippen molar-refractivity contribution < 1.29 is 14.2 Å². The number of para-hydroxylation sites is 2. The summed E-state index contributed by atoms with van der Waals surface area (Å²) < 4.78 is 17.5.